The summed E-state index contributed by atoms with van der Waals surface area (Å²) in [5.74, 6) is 0. The zero-order valence-electron chi connectivity index (χ0n) is 9.54. The van der Waals surface area contributed by atoms with Crippen LogP contribution in [0.15, 0.2) is 0 Å². The van der Waals surface area contributed by atoms with Crippen molar-refractivity contribution in [1.82, 2.24) is 4.90 Å². The molecule has 1 atom stereocenters. The van der Waals surface area contributed by atoms with E-state index < -0.39 is 15.5 Å². The minimum Gasteiger partial charge on any atom is -0.396 e. The first-order valence-electron chi connectivity index (χ1n) is 5.39. The van der Waals surface area contributed by atoms with Crippen LogP contribution in [-0.4, -0.2) is 59.8 Å². The summed E-state index contributed by atoms with van der Waals surface area (Å²) in [5.41, 5.74) is 0. The van der Waals surface area contributed by atoms with E-state index in [2.05, 4.69) is 0 Å². The molecule has 0 fully saturated rings. The molecule has 0 radical (unpaired) electrons. The van der Waals surface area contributed by atoms with Crippen LogP contribution in [0.3, 0.4) is 0 Å². The molecule has 0 aromatic carbocycles. The molecule has 0 aromatic rings. The number of nitrogens with zero attached hydrogens (tertiary/aromatic N) is 1. The topological polar surface area (TPSA) is 98.1 Å². The first-order valence-corrected chi connectivity index (χ1v) is 6.89. The first-order chi connectivity index (χ1) is 7.47. The van der Waals surface area contributed by atoms with Gasteiger partial charge >= 0.3 is 0 Å². The third-order valence-corrected chi connectivity index (χ3v) is 3.63. The molecule has 0 bridgehead atoms. The highest BCUT2D eigenvalue weighted by atomic mass is 32.2. The average molecular weight is 255 g/mol. The van der Waals surface area contributed by atoms with Crippen molar-refractivity contribution in [1.29, 1.82) is 0 Å². The Bertz CT molecular complexity index is 259. The lowest BCUT2D eigenvalue weighted by molar-refractivity contribution is 0.181. The molecular weight excluding hydrogens is 234 g/mol. The van der Waals surface area contributed by atoms with Gasteiger partial charge in [-0.3, -0.25) is 9.45 Å². The summed E-state index contributed by atoms with van der Waals surface area (Å²) < 4.78 is 31.3. The van der Waals surface area contributed by atoms with E-state index in [1.807, 2.05) is 0 Å². The molecule has 1 unspecified atom stereocenters. The summed E-state index contributed by atoms with van der Waals surface area (Å²) in [4.78, 5) is 1.57. The minimum atomic E-state index is -4.11. The van der Waals surface area contributed by atoms with Gasteiger partial charge in [-0.25, -0.2) is 0 Å². The smallest absolute Gasteiger partial charge is 0.281 e. The zero-order chi connectivity index (χ0) is 12.6. The number of aliphatic hydroxyl groups is 2. The van der Waals surface area contributed by atoms with E-state index in [1.165, 1.54) is 0 Å². The Morgan fingerprint density at radius 1 is 1.12 bits per heavy atom. The van der Waals surface area contributed by atoms with Gasteiger partial charge in [-0.2, -0.15) is 8.42 Å². The van der Waals surface area contributed by atoms with Gasteiger partial charge in [0.2, 0.25) is 0 Å². The van der Waals surface area contributed by atoms with Crippen LogP contribution in [0.25, 0.3) is 0 Å². The predicted octanol–water partition coefficient (Wildman–Crippen LogP) is -0.323. The lowest BCUT2D eigenvalue weighted by atomic mass is 10.3. The van der Waals surface area contributed by atoms with Crippen LogP contribution in [0.1, 0.15) is 26.2 Å². The Labute approximate surface area is 96.6 Å². The second-order valence-corrected chi connectivity index (χ2v) is 5.14. The fourth-order valence-corrected chi connectivity index (χ4v) is 2.61. The molecular formula is C9H21NO5S. The van der Waals surface area contributed by atoms with Crippen molar-refractivity contribution in [2.24, 2.45) is 0 Å². The standard InChI is InChI=1S/C9H21NO5S/c1-2-9(16(13,14)15)10(5-3-7-11)6-4-8-12/h9,11-12H,2-8H2,1H3,(H,13,14,15). The molecule has 7 heteroatoms. The molecule has 0 heterocycles. The van der Waals surface area contributed by atoms with Crippen LogP contribution in [0.5, 0.6) is 0 Å². The largest absolute Gasteiger partial charge is 0.396 e. The second kappa shape index (κ2) is 7.97. The van der Waals surface area contributed by atoms with E-state index >= 15 is 0 Å². The Morgan fingerprint density at radius 2 is 1.56 bits per heavy atom. The molecule has 98 valence electrons. The van der Waals surface area contributed by atoms with Gasteiger partial charge < -0.3 is 10.2 Å². The fourth-order valence-electron chi connectivity index (χ4n) is 1.60. The van der Waals surface area contributed by atoms with Gasteiger partial charge in [0, 0.05) is 26.3 Å². The lowest BCUT2D eigenvalue weighted by Gasteiger charge is -2.28. The molecule has 0 amide bonds. The molecule has 0 saturated carbocycles. The summed E-state index contributed by atoms with van der Waals surface area (Å²) in [5, 5.41) is 16.5. The Kier molecular flexibility index (Phi) is 7.86. The summed E-state index contributed by atoms with van der Waals surface area (Å²) >= 11 is 0. The van der Waals surface area contributed by atoms with Crippen molar-refractivity contribution in [2.45, 2.75) is 31.6 Å². The van der Waals surface area contributed by atoms with Crippen molar-refractivity contribution >= 4 is 10.1 Å². The third kappa shape index (κ3) is 5.76. The summed E-state index contributed by atoms with van der Waals surface area (Å²) in [6, 6.07) is 0. The van der Waals surface area contributed by atoms with Gasteiger partial charge in [0.1, 0.15) is 5.37 Å². The number of hydrogen-bond acceptors (Lipinski definition) is 5. The SMILES string of the molecule is CCC(N(CCCO)CCCO)S(=O)(=O)O. The number of aliphatic hydroxyl groups excluding tert-OH is 2. The monoisotopic (exact) mass is 255 g/mol. The van der Waals surface area contributed by atoms with Crippen molar-refractivity contribution in [3.05, 3.63) is 0 Å². The van der Waals surface area contributed by atoms with E-state index in [1.54, 1.807) is 11.8 Å². The molecule has 0 rings (SSSR count). The van der Waals surface area contributed by atoms with E-state index in [-0.39, 0.29) is 19.6 Å². The van der Waals surface area contributed by atoms with E-state index in [0.717, 1.165) is 0 Å². The quantitative estimate of drug-likeness (QED) is 0.488. The van der Waals surface area contributed by atoms with Crippen molar-refractivity contribution in [3.63, 3.8) is 0 Å². The fraction of sp³-hybridized carbons (Fsp3) is 1.00. The van der Waals surface area contributed by atoms with Gasteiger partial charge in [-0.15, -0.1) is 0 Å². The summed E-state index contributed by atoms with van der Waals surface area (Å²) in [6.45, 7) is 2.38. The third-order valence-electron chi connectivity index (χ3n) is 2.31. The molecule has 3 N–H and O–H groups in total. The maximum Gasteiger partial charge on any atom is 0.281 e. The van der Waals surface area contributed by atoms with Crippen molar-refractivity contribution in [3.8, 4) is 0 Å². The second-order valence-electron chi connectivity index (χ2n) is 3.57. The van der Waals surface area contributed by atoms with Gasteiger partial charge in [0.15, 0.2) is 0 Å². The van der Waals surface area contributed by atoms with Crippen molar-refractivity contribution < 1.29 is 23.2 Å². The molecule has 0 aliphatic heterocycles. The number of rotatable bonds is 9. The molecule has 0 aromatic heterocycles. The van der Waals surface area contributed by atoms with E-state index in [0.29, 0.717) is 25.9 Å². The molecule has 0 spiro atoms. The van der Waals surface area contributed by atoms with Crippen LogP contribution in [0, 0.1) is 0 Å². The first kappa shape index (κ1) is 15.8. The molecule has 16 heavy (non-hydrogen) atoms. The highest BCUT2D eigenvalue weighted by molar-refractivity contribution is 7.86. The zero-order valence-corrected chi connectivity index (χ0v) is 10.4. The van der Waals surface area contributed by atoms with Gasteiger partial charge in [-0.05, 0) is 19.3 Å². The van der Waals surface area contributed by atoms with Crippen LogP contribution >= 0.6 is 0 Å². The van der Waals surface area contributed by atoms with E-state index in [4.69, 9.17) is 14.8 Å². The van der Waals surface area contributed by atoms with Crippen molar-refractivity contribution in [2.75, 3.05) is 26.3 Å². The Hall–Kier alpha value is -0.210. The number of hydrogen-bond donors (Lipinski definition) is 3. The molecule has 0 aliphatic carbocycles. The van der Waals surface area contributed by atoms with Crippen LogP contribution in [0.4, 0.5) is 0 Å². The maximum absolute atomic E-state index is 11.1. The lowest BCUT2D eigenvalue weighted by Crippen LogP contribution is -2.42. The maximum atomic E-state index is 11.1. The minimum absolute atomic E-state index is 0.0302. The summed E-state index contributed by atoms with van der Waals surface area (Å²) in [7, 11) is -4.11. The Morgan fingerprint density at radius 3 is 1.81 bits per heavy atom. The molecule has 0 aliphatic rings. The summed E-state index contributed by atoms with van der Waals surface area (Å²) in [6.07, 6.45) is 1.16. The Balaban J connectivity index is 4.55. The predicted molar refractivity (Wildman–Crippen MR) is 60.6 cm³/mol. The van der Waals surface area contributed by atoms with Crippen LogP contribution in [-0.2, 0) is 10.1 Å². The van der Waals surface area contributed by atoms with Gasteiger partial charge in [0.25, 0.3) is 10.1 Å². The molecule has 6 nitrogen and oxygen atoms in total. The van der Waals surface area contributed by atoms with E-state index in [9.17, 15) is 8.42 Å². The molecule has 0 saturated heterocycles. The van der Waals surface area contributed by atoms with Crippen LogP contribution < -0.4 is 0 Å². The highest BCUT2D eigenvalue weighted by Gasteiger charge is 2.27. The van der Waals surface area contributed by atoms with Crippen LogP contribution in [0.2, 0.25) is 0 Å². The normalized spacial score (nSPS) is 14.3. The van der Waals surface area contributed by atoms with Gasteiger partial charge in [0.05, 0.1) is 0 Å². The van der Waals surface area contributed by atoms with Gasteiger partial charge in [-0.1, -0.05) is 6.92 Å². The highest BCUT2D eigenvalue weighted by Crippen LogP contribution is 2.11. The average Bonchev–Trinajstić information content (AvgIpc) is 2.20.